The van der Waals surface area contributed by atoms with Crippen molar-refractivity contribution in [1.29, 1.82) is 0 Å². The van der Waals surface area contributed by atoms with Crippen LogP contribution in [0.25, 0.3) is 0 Å². The molecule has 0 saturated carbocycles. The van der Waals surface area contributed by atoms with Gasteiger partial charge in [-0.05, 0) is 74.1 Å². The first kappa shape index (κ1) is 34.3. The second kappa shape index (κ2) is 14.6. The third kappa shape index (κ3) is 8.98. The third-order valence-corrected chi connectivity index (χ3v) is 7.79. The SMILES string of the molecule is C[C@@H]1CN([C@H](C)CO)C(=O)Cc2cc(NC(=O)Nc3ccc(C(F)(F)F)cc3)ccc2O[C@H]1CN(C)Cc1ccc(C(=O)O)cc1. The summed E-state index contributed by atoms with van der Waals surface area (Å²) >= 11 is 0. The van der Waals surface area contributed by atoms with E-state index in [0.29, 0.717) is 36.6 Å². The number of alkyl halides is 3. The van der Waals surface area contributed by atoms with E-state index in [-0.39, 0.29) is 42.2 Å². The summed E-state index contributed by atoms with van der Waals surface area (Å²) in [7, 11) is 1.91. The number of nitrogens with one attached hydrogen (secondary N) is 2. The number of rotatable bonds is 9. The Morgan fingerprint density at radius 2 is 1.67 bits per heavy atom. The first-order valence-electron chi connectivity index (χ1n) is 14.7. The Morgan fingerprint density at radius 3 is 2.28 bits per heavy atom. The number of carbonyl (C=O) groups is 3. The summed E-state index contributed by atoms with van der Waals surface area (Å²) in [6.07, 6.45) is -4.93. The summed E-state index contributed by atoms with van der Waals surface area (Å²) in [5.74, 6) is -0.914. The van der Waals surface area contributed by atoms with E-state index in [9.17, 15) is 37.8 Å². The molecule has 1 aliphatic rings. The van der Waals surface area contributed by atoms with E-state index in [4.69, 9.17) is 4.74 Å². The van der Waals surface area contributed by atoms with Gasteiger partial charge in [0.1, 0.15) is 11.9 Å². The van der Waals surface area contributed by atoms with Crippen molar-refractivity contribution in [2.45, 2.75) is 45.1 Å². The first-order valence-corrected chi connectivity index (χ1v) is 14.7. The van der Waals surface area contributed by atoms with Gasteiger partial charge in [-0.25, -0.2) is 9.59 Å². The number of carboxylic acid groups (broad SMARTS) is 1. The highest BCUT2D eigenvalue weighted by Gasteiger charge is 2.32. The molecule has 0 bridgehead atoms. The highest BCUT2D eigenvalue weighted by atomic mass is 19.4. The molecule has 0 saturated heterocycles. The van der Waals surface area contributed by atoms with E-state index in [1.165, 1.54) is 0 Å². The van der Waals surface area contributed by atoms with Gasteiger partial charge in [-0.1, -0.05) is 19.1 Å². The lowest BCUT2D eigenvalue weighted by Gasteiger charge is -2.34. The van der Waals surface area contributed by atoms with Crippen LogP contribution in [0.1, 0.15) is 40.9 Å². The molecule has 0 unspecified atom stereocenters. The second-order valence-electron chi connectivity index (χ2n) is 11.6. The quantitative estimate of drug-likeness (QED) is 0.248. The maximum atomic E-state index is 13.5. The minimum atomic E-state index is -4.49. The third-order valence-electron chi connectivity index (χ3n) is 7.79. The fourth-order valence-corrected chi connectivity index (χ4v) is 5.20. The summed E-state index contributed by atoms with van der Waals surface area (Å²) in [6, 6.07) is 14.4. The Hall–Kier alpha value is -4.62. The monoisotopic (exact) mass is 642 g/mol. The molecule has 0 aliphatic carbocycles. The number of anilines is 2. The van der Waals surface area contributed by atoms with Gasteiger partial charge < -0.3 is 30.5 Å². The van der Waals surface area contributed by atoms with Crippen molar-refractivity contribution in [3.05, 3.63) is 89.0 Å². The largest absolute Gasteiger partial charge is 0.488 e. The first-order chi connectivity index (χ1) is 21.7. The van der Waals surface area contributed by atoms with Crippen LogP contribution < -0.4 is 15.4 Å². The molecule has 3 aromatic carbocycles. The summed E-state index contributed by atoms with van der Waals surface area (Å²) in [4.78, 5) is 41.0. The number of aromatic carboxylic acids is 1. The molecule has 246 valence electrons. The number of fused-ring (bicyclic) bond motifs is 1. The van der Waals surface area contributed by atoms with Gasteiger partial charge in [0, 0.05) is 42.5 Å². The minimum absolute atomic E-state index is 0.0546. The summed E-state index contributed by atoms with van der Waals surface area (Å²) < 4.78 is 45.1. The van der Waals surface area contributed by atoms with Gasteiger partial charge in [0.2, 0.25) is 5.91 Å². The second-order valence-corrected chi connectivity index (χ2v) is 11.6. The van der Waals surface area contributed by atoms with Crippen molar-refractivity contribution in [1.82, 2.24) is 9.80 Å². The fourth-order valence-electron chi connectivity index (χ4n) is 5.20. The number of carbonyl (C=O) groups excluding carboxylic acids is 2. The van der Waals surface area contributed by atoms with Crippen molar-refractivity contribution >= 4 is 29.3 Å². The Labute approximate surface area is 264 Å². The van der Waals surface area contributed by atoms with Crippen molar-refractivity contribution in [2.24, 2.45) is 5.92 Å². The van der Waals surface area contributed by atoms with Gasteiger partial charge >= 0.3 is 18.2 Å². The number of aliphatic hydroxyl groups is 1. The molecule has 3 aromatic rings. The lowest BCUT2D eigenvalue weighted by molar-refractivity contribution is -0.137. The van der Waals surface area contributed by atoms with Crippen LogP contribution in [0.4, 0.5) is 29.3 Å². The number of likely N-dealkylation sites (N-methyl/N-ethyl adjacent to an activating group) is 1. The normalized spacial score (nSPS) is 17.7. The van der Waals surface area contributed by atoms with Gasteiger partial charge in [0.05, 0.1) is 30.2 Å². The summed E-state index contributed by atoms with van der Waals surface area (Å²) in [6.45, 7) is 4.82. The van der Waals surface area contributed by atoms with Crippen molar-refractivity contribution in [2.75, 3.05) is 37.4 Å². The number of nitrogens with zero attached hydrogens (tertiary/aromatic N) is 2. The van der Waals surface area contributed by atoms with Crippen LogP contribution in [0.2, 0.25) is 0 Å². The van der Waals surface area contributed by atoms with Gasteiger partial charge in [-0.15, -0.1) is 0 Å². The van der Waals surface area contributed by atoms with Gasteiger partial charge in [-0.3, -0.25) is 9.69 Å². The predicted molar refractivity (Wildman–Crippen MR) is 166 cm³/mol. The molecule has 1 heterocycles. The van der Waals surface area contributed by atoms with Crippen LogP contribution in [0.15, 0.2) is 66.7 Å². The van der Waals surface area contributed by atoms with Crippen LogP contribution in [0, 0.1) is 5.92 Å². The highest BCUT2D eigenvalue weighted by Crippen LogP contribution is 2.31. The van der Waals surface area contributed by atoms with E-state index < -0.39 is 29.8 Å². The average molecular weight is 643 g/mol. The molecular formula is C33H37F3N4O6. The molecule has 3 atom stereocenters. The molecule has 4 rings (SSSR count). The van der Waals surface area contributed by atoms with E-state index in [1.54, 1.807) is 54.3 Å². The number of halogens is 3. The number of carboxylic acids is 1. The van der Waals surface area contributed by atoms with E-state index in [0.717, 1.165) is 29.8 Å². The van der Waals surface area contributed by atoms with Crippen LogP contribution in [0.5, 0.6) is 5.75 Å². The lowest BCUT2D eigenvalue weighted by atomic mass is 10.0. The average Bonchev–Trinajstić information content (AvgIpc) is 3.04. The standard InChI is InChI=1S/C33H37F3N4O6/c1-20-16-40(21(2)19-41)30(42)15-24-14-27(38-32(45)37-26-10-8-25(9-11-26)33(34,35)36)12-13-28(24)46-29(20)18-39(3)17-22-4-6-23(7-5-22)31(43)44/h4-14,20-21,29,41H,15-19H2,1-3H3,(H,43,44)(H2,37,38,45)/t20-,21-,29+/m1/s1. The van der Waals surface area contributed by atoms with E-state index in [1.807, 2.05) is 18.9 Å². The number of aliphatic hydroxyl groups excluding tert-OH is 1. The zero-order valence-corrected chi connectivity index (χ0v) is 25.7. The Morgan fingerprint density at radius 1 is 1.04 bits per heavy atom. The molecule has 1 aliphatic heterocycles. The lowest BCUT2D eigenvalue weighted by Crippen LogP contribution is -2.47. The highest BCUT2D eigenvalue weighted by molar-refractivity contribution is 6.00. The molecule has 46 heavy (non-hydrogen) atoms. The minimum Gasteiger partial charge on any atom is -0.488 e. The molecule has 4 N–H and O–H groups in total. The smallest absolute Gasteiger partial charge is 0.416 e. The van der Waals surface area contributed by atoms with Crippen LogP contribution in [-0.2, 0) is 23.9 Å². The Kier molecular flexibility index (Phi) is 10.9. The Bertz CT molecular complexity index is 1530. The molecule has 3 amide bonds. The molecule has 13 heteroatoms. The van der Waals surface area contributed by atoms with E-state index >= 15 is 0 Å². The number of hydrogen-bond donors (Lipinski definition) is 4. The summed E-state index contributed by atoms with van der Waals surface area (Å²) in [5.41, 5.74) is 1.30. The Balaban J connectivity index is 1.52. The van der Waals surface area contributed by atoms with Crippen LogP contribution in [-0.4, -0.2) is 76.8 Å². The topological polar surface area (TPSA) is 131 Å². The number of ether oxygens (including phenoxy) is 1. The van der Waals surface area contributed by atoms with E-state index in [2.05, 4.69) is 10.6 Å². The maximum absolute atomic E-state index is 13.5. The molecule has 0 spiro atoms. The van der Waals surface area contributed by atoms with Crippen LogP contribution >= 0.6 is 0 Å². The maximum Gasteiger partial charge on any atom is 0.416 e. The van der Waals surface area contributed by atoms with Crippen molar-refractivity contribution in [3.63, 3.8) is 0 Å². The number of benzene rings is 3. The fraction of sp³-hybridized carbons (Fsp3) is 0.364. The van der Waals surface area contributed by atoms with Gasteiger partial charge in [-0.2, -0.15) is 13.2 Å². The molecule has 0 radical (unpaired) electrons. The van der Waals surface area contributed by atoms with Crippen molar-refractivity contribution < 1.29 is 42.5 Å². The molecule has 0 aromatic heterocycles. The number of amides is 3. The van der Waals surface area contributed by atoms with Crippen molar-refractivity contribution in [3.8, 4) is 5.75 Å². The summed E-state index contributed by atoms with van der Waals surface area (Å²) in [5, 5.41) is 24.2. The van der Waals surface area contributed by atoms with Gasteiger partial charge in [0.15, 0.2) is 0 Å². The number of urea groups is 1. The molecule has 10 nitrogen and oxygen atoms in total. The molecular weight excluding hydrogens is 605 g/mol. The van der Waals surface area contributed by atoms with Gasteiger partial charge in [0.25, 0.3) is 0 Å². The zero-order valence-electron chi connectivity index (χ0n) is 25.7. The van der Waals surface area contributed by atoms with Crippen LogP contribution in [0.3, 0.4) is 0 Å². The predicted octanol–water partition coefficient (Wildman–Crippen LogP) is 5.33. The number of hydrogen-bond acceptors (Lipinski definition) is 6. The molecule has 0 fully saturated rings. The zero-order chi connectivity index (χ0) is 33.6.